The number of hydrogen-bond acceptors (Lipinski definition) is 9. The van der Waals surface area contributed by atoms with Crippen molar-refractivity contribution < 1.29 is 14.4 Å². The quantitative estimate of drug-likeness (QED) is 0.472. The number of amides is 1. The standard InChI is InChI=1S/C22H22N8O3/c1-13-9-17(27-21(24-13)25-14-11-23-30(3)12-14)15-5-4-6-16(26-15)18-10-19(33-28-18)22(32)7-8-29(2)20(22)31/h4-6,9-12,32H,7-8H2,1-3H3,(H,24,25,27)/t22-/m1/s1. The van der Waals surface area contributed by atoms with Crippen molar-refractivity contribution in [2.24, 2.45) is 7.05 Å². The highest BCUT2D eigenvalue weighted by atomic mass is 16.5. The van der Waals surface area contributed by atoms with E-state index in [1.165, 1.54) is 4.90 Å². The monoisotopic (exact) mass is 446 g/mol. The summed E-state index contributed by atoms with van der Waals surface area (Å²) >= 11 is 0. The van der Waals surface area contributed by atoms with Gasteiger partial charge >= 0.3 is 0 Å². The van der Waals surface area contributed by atoms with E-state index < -0.39 is 11.5 Å². The molecule has 1 saturated heterocycles. The number of hydrogen-bond donors (Lipinski definition) is 2. The molecule has 1 fully saturated rings. The first-order chi connectivity index (χ1) is 15.8. The number of carbonyl (C=O) groups excluding carboxylic acids is 1. The number of likely N-dealkylation sites (tertiary alicyclic amines) is 1. The first-order valence-electron chi connectivity index (χ1n) is 10.4. The Morgan fingerprint density at radius 2 is 1.88 bits per heavy atom. The van der Waals surface area contributed by atoms with Crippen LogP contribution in [0, 0.1) is 6.92 Å². The minimum absolute atomic E-state index is 0.111. The third-order valence-electron chi connectivity index (χ3n) is 5.52. The summed E-state index contributed by atoms with van der Waals surface area (Å²) in [6.45, 7) is 2.32. The lowest BCUT2D eigenvalue weighted by molar-refractivity contribution is -0.144. The molecular weight excluding hydrogens is 424 g/mol. The molecule has 168 valence electrons. The molecule has 2 N–H and O–H groups in total. The number of nitrogens with one attached hydrogen (secondary N) is 1. The van der Waals surface area contributed by atoms with Crippen LogP contribution in [0.3, 0.4) is 0 Å². The molecule has 5 rings (SSSR count). The Balaban J connectivity index is 1.45. The summed E-state index contributed by atoms with van der Waals surface area (Å²) in [4.78, 5) is 27.5. The number of likely N-dealkylation sites (N-methyl/N-ethyl adjacent to an activating group) is 1. The Kier molecular flexibility index (Phi) is 4.90. The van der Waals surface area contributed by atoms with Crippen molar-refractivity contribution in [3.8, 4) is 22.8 Å². The molecule has 0 saturated carbocycles. The molecule has 4 aromatic rings. The maximum Gasteiger partial charge on any atom is 0.262 e. The largest absolute Gasteiger partial charge is 0.373 e. The van der Waals surface area contributed by atoms with Gasteiger partial charge in [0.1, 0.15) is 5.69 Å². The van der Waals surface area contributed by atoms with Crippen LogP contribution in [-0.2, 0) is 17.4 Å². The number of aromatic nitrogens is 6. The number of nitrogens with zero attached hydrogens (tertiary/aromatic N) is 7. The van der Waals surface area contributed by atoms with Crippen LogP contribution in [0.2, 0.25) is 0 Å². The van der Waals surface area contributed by atoms with E-state index in [0.29, 0.717) is 35.3 Å². The SMILES string of the molecule is Cc1cc(-c2cccc(-c3cc([C@]4(O)CCN(C)C4=O)on3)n2)nc(Nc2cnn(C)c2)n1. The van der Waals surface area contributed by atoms with E-state index >= 15 is 0 Å². The summed E-state index contributed by atoms with van der Waals surface area (Å²) in [6.07, 6.45) is 3.76. The lowest BCUT2D eigenvalue weighted by Gasteiger charge is -2.16. The first-order valence-corrected chi connectivity index (χ1v) is 10.4. The fourth-order valence-corrected chi connectivity index (χ4v) is 3.76. The molecule has 1 aliphatic heterocycles. The third-order valence-corrected chi connectivity index (χ3v) is 5.52. The van der Waals surface area contributed by atoms with E-state index in [-0.39, 0.29) is 12.2 Å². The van der Waals surface area contributed by atoms with Crippen molar-refractivity contribution in [2.75, 3.05) is 18.9 Å². The molecule has 1 amide bonds. The van der Waals surface area contributed by atoms with E-state index in [4.69, 9.17) is 4.52 Å². The predicted octanol–water partition coefficient (Wildman–Crippen LogP) is 2.03. The Labute approximate surface area is 189 Å². The second-order valence-corrected chi connectivity index (χ2v) is 8.07. The van der Waals surface area contributed by atoms with Crippen LogP contribution in [0.1, 0.15) is 17.9 Å². The van der Waals surface area contributed by atoms with Crippen molar-refractivity contribution in [2.45, 2.75) is 18.9 Å². The summed E-state index contributed by atoms with van der Waals surface area (Å²) in [5.41, 5.74) is 2.04. The Morgan fingerprint density at radius 3 is 2.58 bits per heavy atom. The van der Waals surface area contributed by atoms with Crippen LogP contribution in [0.15, 0.2) is 47.2 Å². The van der Waals surface area contributed by atoms with Gasteiger partial charge in [-0.25, -0.2) is 15.0 Å². The van der Waals surface area contributed by atoms with Crippen LogP contribution < -0.4 is 5.32 Å². The summed E-state index contributed by atoms with van der Waals surface area (Å²) in [5, 5.41) is 22.1. The van der Waals surface area contributed by atoms with Crippen molar-refractivity contribution in [3.05, 3.63) is 54.2 Å². The topological polar surface area (TPSA) is 135 Å². The van der Waals surface area contributed by atoms with Gasteiger partial charge in [-0.1, -0.05) is 11.2 Å². The van der Waals surface area contributed by atoms with E-state index in [0.717, 1.165) is 11.4 Å². The first kappa shape index (κ1) is 20.8. The van der Waals surface area contributed by atoms with E-state index in [1.807, 2.05) is 38.4 Å². The number of aliphatic hydroxyl groups is 1. The smallest absolute Gasteiger partial charge is 0.262 e. The molecule has 0 radical (unpaired) electrons. The molecule has 11 heteroatoms. The van der Waals surface area contributed by atoms with Crippen LogP contribution in [0.4, 0.5) is 11.6 Å². The highest BCUT2D eigenvalue weighted by molar-refractivity contribution is 5.87. The zero-order valence-electron chi connectivity index (χ0n) is 18.3. The number of rotatable bonds is 5. The molecule has 0 unspecified atom stereocenters. The number of pyridine rings is 1. The summed E-state index contributed by atoms with van der Waals surface area (Å²) in [7, 11) is 3.47. The molecule has 33 heavy (non-hydrogen) atoms. The predicted molar refractivity (Wildman–Crippen MR) is 118 cm³/mol. The maximum absolute atomic E-state index is 12.4. The van der Waals surface area contributed by atoms with Crippen LogP contribution in [0.5, 0.6) is 0 Å². The van der Waals surface area contributed by atoms with E-state index in [1.54, 1.807) is 30.1 Å². The molecular formula is C22H22N8O3. The van der Waals surface area contributed by atoms with Gasteiger partial charge in [0.05, 0.1) is 29.0 Å². The molecule has 0 spiro atoms. The number of aryl methyl sites for hydroxylation is 2. The summed E-state index contributed by atoms with van der Waals surface area (Å²) in [6, 6.07) is 8.85. The fraction of sp³-hybridized carbons (Fsp3) is 0.273. The lowest BCUT2D eigenvalue weighted by Crippen LogP contribution is -2.35. The van der Waals surface area contributed by atoms with Crippen molar-refractivity contribution in [3.63, 3.8) is 0 Å². The molecule has 0 aliphatic carbocycles. The van der Waals surface area contributed by atoms with Gasteiger partial charge in [-0.2, -0.15) is 5.10 Å². The Morgan fingerprint density at radius 1 is 1.09 bits per heavy atom. The van der Waals surface area contributed by atoms with Crippen molar-refractivity contribution >= 4 is 17.5 Å². The summed E-state index contributed by atoms with van der Waals surface area (Å²) < 4.78 is 7.03. The minimum Gasteiger partial charge on any atom is -0.373 e. The molecule has 1 atom stereocenters. The zero-order valence-corrected chi connectivity index (χ0v) is 18.3. The Hall–Kier alpha value is -4.12. The highest BCUT2D eigenvalue weighted by Crippen LogP contribution is 2.34. The number of anilines is 2. The van der Waals surface area contributed by atoms with Gasteiger partial charge in [-0.3, -0.25) is 9.48 Å². The van der Waals surface area contributed by atoms with Gasteiger partial charge in [0.15, 0.2) is 5.76 Å². The molecule has 0 aromatic carbocycles. The van der Waals surface area contributed by atoms with Crippen molar-refractivity contribution in [1.29, 1.82) is 0 Å². The number of carbonyl (C=O) groups is 1. The third kappa shape index (κ3) is 3.82. The second-order valence-electron chi connectivity index (χ2n) is 8.07. The van der Waals surface area contributed by atoms with Crippen molar-refractivity contribution in [1.82, 2.24) is 34.8 Å². The van der Waals surface area contributed by atoms with Gasteiger partial charge in [0.25, 0.3) is 5.91 Å². The van der Waals surface area contributed by atoms with Crippen LogP contribution >= 0.6 is 0 Å². The average Bonchev–Trinajstić information content (AvgIpc) is 3.51. The molecule has 11 nitrogen and oxygen atoms in total. The highest BCUT2D eigenvalue weighted by Gasteiger charge is 2.48. The fourth-order valence-electron chi connectivity index (χ4n) is 3.76. The normalized spacial score (nSPS) is 18.2. The Bertz CT molecular complexity index is 1350. The minimum atomic E-state index is -1.70. The lowest BCUT2D eigenvalue weighted by atomic mass is 9.98. The van der Waals surface area contributed by atoms with Gasteiger partial charge in [-0.05, 0) is 25.1 Å². The van der Waals surface area contributed by atoms with Crippen LogP contribution in [-0.4, -0.2) is 59.4 Å². The van der Waals surface area contributed by atoms with Gasteiger partial charge in [0.2, 0.25) is 11.5 Å². The molecule has 5 heterocycles. The van der Waals surface area contributed by atoms with E-state index in [2.05, 4.69) is 30.5 Å². The zero-order chi connectivity index (χ0) is 23.2. The van der Waals surface area contributed by atoms with Gasteiger partial charge in [0, 0.05) is 45.0 Å². The van der Waals surface area contributed by atoms with Gasteiger partial charge in [-0.15, -0.1) is 0 Å². The average molecular weight is 446 g/mol. The molecule has 0 bridgehead atoms. The summed E-state index contributed by atoms with van der Waals surface area (Å²) in [5.74, 6) is 0.136. The van der Waals surface area contributed by atoms with Gasteiger partial charge < -0.3 is 19.8 Å². The maximum atomic E-state index is 12.4. The molecule has 1 aliphatic rings. The molecule has 4 aromatic heterocycles. The second kappa shape index (κ2) is 7.78. The van der Waals surface area contributed by atoms with Crippen LogP contribution in [0.25, 0.3) is 22.8 Å². The van der Waals surface area contributed by atoms with E-state index in [9.17, 15) is 9.90 Å².